The molecule has 2 unspecified atom stereocenters. The molecule has 0 aliphatic heterocycles. The van der Waals surface area contributed by atoms with Crippen LogP contribution in [0.4, 0.5) is 0 Å². The van der Waals surface area contributed by atoms with Gasteiger partial charge in [-0.1, -0.05) is 6.42 Å². The fraction of sp³-hybridized carbons (Fsp3) is 0.917. The molecule has 0 bridgehead atoms. The number of aliphatic hydroxyl groups excluding tert-OH is 1. The van der Waals surface area contributed by atoms with Crippen LogP contribution in [0.1, 0.15) is 33.1 Å². The van der Waals surface area contributed by atoms with Gasteiger partial charge in [0, 0.05) is 20.3 Å². The fourth-order valence-corrected chi connectivity index (χ4v) is 2.15. The van der Waals surface area contributed by atoms with E-state index in [1.807, 2.05) is 0 Å². The predicted molar refractivity (Wildman–Crippen MR) is 62.0 cm³/mol. The zero-order chi connectivity index (χ0) is 12.2. The molecule has 4 nitrogen and oxygen atoms in total. The van der Waals surface area contributed by atoms with E-state index >= 15 is 0 Å². The van der Waals surface area contributed by atoms with Crippen molar-refractivity contribution < 1.29 is 14.6 Å². The molecule has 0 spiro atoms. The lowest BCUT2D eigenvalue weighted by Gasteiger charge is -2.24. The van der Waals surface area contributed by atoms with Crippen LogP contribution in [0.3, 0.4) is 0 Å². The summed E-state index contributed by atoms with van der Waals surface area (Å²) in [6, 6.07) is 0. The van der Waals surface area contributed by atoms with Crippen LogP contribution >= 0.6 is 0 Å². The highest BCUT2D eigenvalue weighted by Gasteiger charge is 2.30. The van der Waals surface area contributed by atoms with Gasteiger partial charge in [-0.25, -0.2) is 0 Å². The summed E-state index contributed by atoms with van der Waals surface area (Å²) in [6.07, 6.45) is 3.32. The zero-order valence-electron chi connectivity index (χ0n) is 10.5. The first kappa shape index (κ1) is 13.5. The maximum absolute atomic E-state index is 11.7. The summed E-state index contributed by atoms with van der Waals surface area (Å²) in [7, 11) is 1.53. The number of amides is 1. The molecule has 1 saturated carbocycles. The van der Waals surface area contributed by atoms with Crippen LogP contribution in [0.2, 0.25) is 0 Å². The predicted octanol–water partition coefficient (Wildman–Crippen LogP) is 0.936. The van der Waals surface area contributed by atoms with E-state index in [1.165, 1.54) is 7.11 Å². The highest BCUT2D eigenvalue weighted by Crippen LogP contribution is 2.30. The quantitative estimate of drug-likeness (QED) is 0.737. The molecule has 1 aliphatic rings. The molecule has 1 rings (SSSR count). The van der Waals surface area contributed by atoms with E-state index in [0.717, 1.165) is 19.3 Å². The molecule has 1 fully saturated rings. The third-order valence-electron chi connectivity index (χ3n) is 3.63. The van der Waals surface area contributed by atoms with Gasteiger partial charge in [0.05, 0.1) is 0 Å². The number of hydrogen-bond donors (Lipinski definition) is 2. The van der Waals surface area contributed by atoms with Crippen LogP contribution in [0, 0.1) is 11.8 Å². The summed E-state index contributed by atoms with van der Waals surface area (Å²) >= 11 is 0. The van der Waals surface area contributed by atoms with E-state index in [2.05, 4.69) is 5.32 Å². The number of carbonyl (C=O) groups excluding carboxylic acids is 1. The van der Waals surface area contributed by atoms with Crippen molar-refractivity contribution in [3.63, 3.8) is 0 Å². The molecule has 0 radical (unpaired) electrons. The average Bonchev–Trinajstić information content (AvgIpc) is 2.72. The van der Waals surface area contributed by atoms with Crippen LogP contribution in [0.5, 0.6) is 0 Å². The van der Waals surface area contributed by atoms with Crippen LogP contribution in [0.15, 0.2) is 0 Å². The van der Waals surface area contributed by atoms with Crippen molar-refractivity contribution in [1.82, 2.24) is 5.32 Å². The zero-order valence-corrected chi connectivity index (χ0v) is 10.5. The number of nitrogens with one attached hydrogen (secondary N) is 1. The molecular formula is C12H23NO3. The number of ether oxygens (including phenoxy) is 1. The molecule has 0 heterocycles. The molecule has 0 aromatic heterocycles. The van der Waals surface area contributed by atoms with Gasteiger partial charge in [0.2, 0.25) is 0 Å². The van der Waals surface area contributed by atoms with E-state index in [4.69, 9.17) is 4.74 Å². The summed E-state index contributed by atoms with van der Waals surface area (Å²) in [5, 5.41) is 12.1. The molecule has 16 heavy (non-hydrogen) atoms. The minimum absolute atomic E-state index is 0.0846. The van der Waals surface area contributed by atoms with Crippen molar-refractivity contribution in [3.8, 4) is 0 Å². The smallest absolute Gasteiger partial charge is 0.251 e. The third-order valence-corrected chi connectivity index (χ3v) is 3.63. The van der Waals surface area contributed by atoms with Crippen LogP contribution < -0.4 is 5.32 Å². The normalized spacial score (nSPS) is 25.8. The molecule has 94 valence electrons. The number of carbonyl (C=O) groups is 1. The topological polar surface area (TPSA) is 58.6 Å². The number of aliphatic hydroxyl groups is 1. The summed E-state index contributed by atoms with van der Waals surface area (Å²) in [6.45, 7) is 4.38. The third kappa shape index (κ3) is 3.19. The van der Waals surface area contributed by atoms with Crippen molar-refractivity contribution in [2.24, 2.45) is 11.8 Å². The molecule has 0 aromatic carbocycles. The maximum Gasteiger partial charge on any atom is 0.251 e. The Kier molecular flexibility index (Phi) is 4.74. The second-order valence-electron chi connectivity index (χ2n) is 5.06. The first-order valence-electron chi connectivity index (χ1n) is 5.95. The summed E-state index contributed by atoms with van der Waals surface area (Å²) in [5.74, 6) is 0.686. The Bertz CT molecular complexity index is 240. The van der Waals surface area contributed by atoms with E-state index in [0.29, 0.717) is 18.4 Å². The standard InChI is InChI=1S/C12H23NO3/c1-12(2,16-3)11(15)13-7-9-5-4-6-10(9)8-14/h9-10,14H,4-8H2,1-3H3,(H,13,15). The Hall–Kier alpha value is -0.610. The number of hydrogen-bond acceptors (Lipinski definition) is 3. The largest absolute Gasteiger partial charge is 0.396 e. The van der Waals surface area contributed by atoms with Gasteiger partial charge in [0.25, 0.3) is 5.91 Å². The molecule has 2 N–H and O–H groups in total. The average molecular weight is 229 g/mol. The maximum atomic E-state index is 11.7. The van der Waals surface area contributed by atoms with Crippen molar-refractivity contribution in [1.29, 1.82) is 0 Å². The van der Waals surface area contributed by atoms with Crippen molar-refractivity contribution in [2.45, 2.75) is 38.7 Å². The van der Waals surface area contributed by atoms with Gasteiger partial charge in [0.1, 0.15) is 5.60 Å². The second kappa shape index (κ2) is 5.64. The fourth-order valence-electron chi connectivity index (χ4n) is 2.15. The summed E-state index contributed by atoms with van der Waals surface area (Å²) < 4.78 is 5.11. The van der Waals surface area contributed by atoms with Gasteiger partial charge in [-0.3, -0.25) is 4.79 Å². The Labute approximate surface area is 97.4 Å². The molecule has 0 saturated heterocycles. The lowest BCUT2D eigenvalue weighted by atomic mass is 9.96. The number of methoxy groups -OCH3 is 1. The molecular weight excluding hydrogens is 206 g/mol. The monoisotopic (exact) mass is 229 g/mol. The SMILES string of the molecule is COC(C)(C)C(=O)NCC1CCCC1CO. The Balaban J connectivity index is 2.37. The van der Waals surface area contributed by atoms with Gasteiger partial charge in [0.15, 0.2) is 0 Å². The van der Waals surface area contributed by atoms with Crippen LogP contribution in [0.25, 0.3) is 0 Å². The van der Waals surface area contributed by atoms with Crippen molar-refractivity contribution in [3.05, 3.63) is 0 Å². The molecule has 2 atom stereocenters. The van der Waals surface area contributed by atoms with Gasteiger partial charge in [-0.15, -0.1) is 0 Å². The second-order valence-corrected chi connectivity index (χ2v) is 5.06. The summed E-state index contributed by atoms with van der Waals surface area (Å²) in [5.41, 5.74) is -0.771. The Morgan fingerprint density at radius 3 is 2.62 bits per heavy atom. The van der Waals surface area contributed by atoms with E-state index in [-0.39, 0.29) is 12.5 Å². The minimum atomic E-state index is -0.771. The van der Waals surface area contributed by atoms with Crippen LogP contribution in [-0.2, 0) is 9.53 Å². The van der Waals surface area contributed by atoms with Gasteiger partial charge in [-0.2, -0.15) is 0 Å². The highest BCUT2D eigenvalue weighted by molar-refractivity contribution is 5.84. The molecule has 4 heteroatoms. The lowest BCUT2D eigenvalue weighted by Crippen LogP contribution is -2.45. The molecule has 1 aliphatic carbocycles. The van der Waals surface area contributed by atoms with E-state index in [1.54, 1.807) is 13.8 Å². The van der Waals surface area contributed by atoms with Gasteiger partial charge < -0.3 is 15.2 Å². The molecule has 0 aromatic rings. The molecule has 1 amide bonds. The van der Waals surface area contributed by atoms with E-state index < -0.39 is 5.60 Å². The summed E-state index contributed by atoms with van der Waals surface area (Å²) in [4.78, 5) is 11.7. The Morgan fingerprint density at radius 2 is 2.06 bits per heavy atom. The number of rotatable bonds is 5. The van der Waals surface area contributed by atoms with Gasteiger partial charge in [-0.05, 0) is 38.5 Å². The first-order chi connectivity index (χ1) is 7.51. The van der Waals surface area contributed by atoms with Crippen LogP contribution in [-0.4, -0.2) is 36.9 Å². The van der Waals surface area contributed by atoms with Crippen molar-refractivity contribution >= 4 is 5.91 Å². The highest BCUT2D eigenvalue weighted by atomic mass is 16.5. The van der Waals surface area contributed by atoms with Crippen molar-refractivity contribution in [2.75, 3.05) is 20.3 Å². The van der Waals surface area contributed by atoms with Gasteiger partial charge >= 0.3 is 0 Å². The van der Waals surface area contributed by atoms with E-state index in [9.17, 15) is 9.90 Å². The minimum Gasteiger partial charge on any atom is -0.396 e. The Morgan fingerprint density at radius 1 is 1.44 bits per heavy atom. The first-order valence-corrected chi connectivity index (χ1v) is 5.95. The lowest BCUT2D eigenvalue weighted by molar-refractivity contribution is -0.139.